The van der Waals surface area contributed by atoms with E-state index in [0.29, 0.717) is 24.6 Å². The fraction of sp³-hybridized carbons (Fsp3) is 0.448. The highest BCUT2D eigenvalue weighted by molar-refractivity contribution is 5.90. The zero-order chi connectivity index (χ0) is 27.9. The van der Waals surface area contributed by atoms with Crippen molar-refractivity contribution in [3.05, 3.63) is 66.0 Å². The van der Waals surface area contributed by atoms with E-state index < -0.39 is 12.1 Å². The molecule has 1 aromatic heterocycles. The summed E-state index contributed by atoms with van der Waals surface area (Å²) in [6.07, 6.45) is 10.3. The number of carbonyl (C=O) groups excluding carboxylic acids is 3. The topological polar surface area (TPSA) is 107 Å². The van der Waals surface area contributed by atoms with Gasteiger partial charge in [-0.2, -0.15) is 4.57 Å². The standard InChI is InChI=1S/C29H39N3O6/c1-21(2)11-8-6-7-9-13-27(33)30-18-23-14-15-25(26(17-23)36-5)38-28(34)24-12-10-16-32(19-24)20-37-29(35)31-22(3)4/h8,10-12,14-17,19,21-22H,6-7,9,13,18,20H2,1-5H3,(H-,30,31,33,35)/p+1. The molecular weight excluding hydrogens is 486 g/mol. The minimum atomic E-state index is -0.589. The number of hydrogen-bond donors (Lipinski definition) is 2. The Morgan fingerprint density at radius 2 is 1.84 bits per heavy atom. The fourth-order valence-corrected chi connectivity index (χ4v) is 3.40. The van der Waals surface area contributed by atoms with Crippen LogP contribution in [0.3, 0.4) is 0 Å². The van der Waals surface area contributed by atoms with Gasteiger partial charge in [-0.1, -0.05) is 32.1 Å². The molecule has 0 bridgehead atoms. The first-order valence-corrected chi connectivity index (χ1v) is 12.9. The van der Waals surface area contributed by atoms with Crippen LogP contribution in [0.25, 0.3) is 0 Å². The Labute approximate surface area is 225 Å². The quantitative estimate of drug-likeness (QED) is 0.122. The number of alkyl carbamates (subject to hydrolysis) is 1. The lowest BCUT2D eigenvalue weighted by molar-refractivity contribution is -0.727. The second-order valence-corrected chi connectivity index (χ2v) is 9.54. The lowest BCUT2D eigenvalue weighted by Gasteiger charge is -2.12. The Morgan fingerprint density at radius 1 is 1.05 bits per heavy atom. The van der Waals surface area contributed by atoms with Gasteiger partial charge in [0.1, 0.15) is 5.56 Å². The number of esters is 1. The van der Waals surface area contributed by atoms with Gasteiger partial charge in [-0.15, -0.1) is 0 Å². The molecule has 9 heteroatoms. The minimum Gasteiger partial charge on any atom is -0.493 e. The molecule has 0 aliphatic heterocycles. The number of benzene rings is 1. The summed E-state index contributed by atoms with van der Waals surface area (Å²) >= 11 is 0. The van der Waals surface area contributed by atoms with Crippen LogP contribution in [-0.4, -0.2) is 31.1 Å². The van der Waals surface area contributed by atoms with Crippen molar-refractivity contribution in [3.8, 4) is 11.5 Å². The van der Waals surface area contributed by atoms with Crippen LogP contribution in [0.1, 0.15) is 69.3 Å². The second kappa shape index (κ2) is 16.1. The number of carbonyl (C=O) groups is 3. The smallest absolute Gasteiger partial charge is 0.412 e. The number of allylic oxidation sites excluding steroid dienone is 2. The van der Waals surface area contributed by atoms with Crippen molar-refractivity contribution in [1.82, 2.24) is 10.6 Å². The lowest BCUT2D eigenvalue weighted by atomic mass is 10.1. The predicted molar refractivity (Wildman–Crippen MR) is 144 cm³/mol. The van der Waals surface area contributed by atoms with Gasteiger partial charge in [-0.05, 0) is 62.8 Å². The number of hydrogen-bond acceptors (Lipinski definition) is 6. The maximum Gasteiger partial charge on any atom is 0.412 e. The number of unbranched alkanes of at least 4 members (excludes halogenated alkanes) is 2. The minimum absolute atomic E-state index is 0.00430. The first-order valence-electron chi connectivity index (χ1n) is 12.9. The van der Waals surface area contributed by atoms with Crippen molar-refractivity contribution in [2.24, 2.45) is 5.92 Å². The summed E-state index contributed by atoms with van der Waals surface area (Å²) in [7, 11) is 1.48. The molecule has 0 saturated carbocycles. The molecule has 9 nitrogen and oxygen atoms in total. The molecule has 0 spiro atoms. The molecule has 38 heavy (non-hydrogen) atoms. The van der Waals surface area contributed by atoms with Gasteiger partial charge in [0.2, 0.25) is 5.91 Å². The van der Waals surface area contributed by atoms with E-state index in [1.54, 1.807) is 41.1 Å². The Hall–Kier alpha value is -3.88. The fourth-order valence-electron chi connectivity index (χ4n) is 3.40. The maximum atomic E-state index is 12.7. The Bertz CT molecular complexity index is 1100. The van der Waals surface area contributed by atoms with Crippen LogP contribution in [0.15, 0.2) is 54.9 Å². The van der Waals surface area contributed by atoms with Gasteiger partial charge in [0.25, 0.3) is 6.73 Å². The van der Waals surface area contributed by atoms with E-state index >= 15 is 0 Å². The van der Waals surface area contributed by atoms with E-state index in [-0.39, 0.29) is 30.0 Å². The zero-order valence-corrected chi connectivity index (χ0v) is 23.0. The highest BCUT2D eigenvalue weighted by atomic mass is 16.6. The highest BCUT2D eigenvalue weighted by Gasteiger charge is 2.17. The molecule has 0 radical (unpaired) electrons. The molecule has 0 aliphatic carbocycles. The summed E-state index contributed by atoms with van der Waals surface area (Å²) in [5.74, 6) is 0.583. The molecule has 2 aromatic rings. The summed E-state index contributed by atoms with van der Waals surface area (Å²) in [5, 5.41) is 5.55. The largest absolute Gasteiger partial charge is 0.493 e. The van der Waals surface area contributed by atoms with Crippen LogP contribution in [-0.2, 0) is 22.8 Å². The first kappa shape index (κ1) is 30.3. The van der Waals surface area contributed by atoms with E-state index in [1.807, 2.05) is 13.8 Å². The van der Waals surface area contributed by atoms with E-state index in [9.17, 15) is 14.4 Å². The molecule has 2 amide bonds. The van der Waals surface area contributed by atoms with E-state index in [0.717, 1.165) is 24.8 Å². The first-order chi connectivity index (χ1) is 18.2. The molecule has 2 N–H and O–H groups in total. The van der Waals surface area contributed by atoms with Crippen LogP contribution in [0.5, 0.6) is 11.5 Å². The monoisotopic (exact) mass is 526 g/mol. The van der Waals surface area contributed by atoms with Crippen molar-refractivity contribution in [2.45, 2.75) is 72.7 Å². The summed E-state index contributed by atoms with van der Waals surface area (Å²) in [6, 6.07) is 8.35. The number of pyridine rings is 1. The van der Waals surface area contributed by atoms with E-state index in [4.69, 9.17) is 14.2 Å². The number of nitrogens with zero attached hydrogens (tertiary/aromatic N) is 1. The molecule has 206 valence electrons. The van der Waals surface area contributed by atoms with Crippen LogP contribution < -0.4 is 24.7 Å². The number of nitrogens with one attached hydrogen (secondary N) is 2. The molecule has 0 unspecified atom stereocenters. The number of aromatic nitrogens is 1. The predicted octanol–water partition coefficient (Wildman–Crippen LogP) is 4.68. The van der Waals surface area contributed by atoms with Crippen molar-refractivity contribution in [1.29, 1.82) is 0 Å². The van der Waals surface area contributed by atoms with Crippen molar-refractivity contribution >= 4 is 18.0 Å². The average molecular weight is 527 g/mol. The summed E-state index contributed by atoms with van der Waals surface area (Å²) in [5.41, 5.74) is 1.10. The summed E-state index contributed by atoms with van der Waals surface area (Å²) in [4.78, 5) is 36.6. The van der Waals surface area contributed by atoms with Gasteiger partial charge < -0.3 is 24.8 Å². The molecule has 0 fully saturated rings. The molecule has 2 rings (SSSR count). The van der Waals surface area contributed by atoms with Gasteiger partial charge in [-0.25, -0.2) is 9.59 Å². The maximum absolute atomic E-state index is 12.7. The van der Waals surface area contributed by atoms with Crippen LogP contribution in [0.2, 0.25) is 0 Å². The van der Waals surface area contributed by atoms with Gasteiger partial charge in [0, 0.05) is 25.1 Å². The number of ether oxygens (including phenoxy) is 3. The van der Waals surface area contributed by atoms with Crippen LogP contribution in [0, 0.1) is 5.92 Å². The molecule has 0 atom stereocenters. The normalized spacial score (nSPS) is 11.0. The van der Waals surface area contributed by atoms with Crippen molar-refractivity contribution < 1.29 is 33.2 Å². The number of methoxy groups -OCH3 is 1. The van der Waals surface area contributed by atoms with Crippen LogP contribution in [0.4, 0.5) is 4.79 Å². The van der Waals surface area contributed by atoms with Crippen LogP contribution >= 0.6 is 0 Å². The van der Waals surface area contributed by atoms with Gasteiger partial charge in [0.05, 0.1) is 7.11 Å². The molecular formula is C29H40N3O6+. The number of rotatable bonds is 14. The Balaban J connectivity index is 1.88. The molecule has 1 heterocycles. The SMILES string of the molecule is COc1cc(CNC(=O)CCCCC=CC(C)C)ccc1OC(=O)c1ccc[n+](COC(=O)NC(C)C)c1. The summed E-state index contributed by atoms with van der Waals surface area (Å²) in [6.45, 7) is 8.24. The Morgan fingerprint density at radius 3 is 2.55 bits per heavy atom. The third kappa shape index (κ3) is 11.5. The van der Waals surface area contributed by atoms with Crippen molar-refractivity contribution in [2.75, 3.05) is 7.11 Å². The van der Waals surface area contributed by atoms with Gasteiger partial charge in [-0.3, -0.25) is 4.79 Å². The molecule has 0 aliphatic rings. The molecule has 1 aromatic carbocycles. The molecule has 0 saturated heterocycles. The van der Waals surface area contributed by atoms with Gasteiger partial charge in [0.15, 0.2) is 23.9 Å². The Kier molecular flexibility index (Phi) is 12.8. The van der Waals surface area contributed by atoms with Gasteiger partial charge >= 0.3 is 12.1 Å². The third-order valence-electron chi connectivity index (χ3n) is 5.31. The average Bonchev–Trinajstić information content (AvgIpc) is 2.88. The van der Waals surface area contributed by atoms with Crippen molar-refractivity contribution in [3.63, 3.8) is 0 Å². The van der Waals surface area contributed by atoms with E-state index in [2.05, 4.69) is 36.6 Å². The highest BCUT2D eigenvalue weighted by Crippen LogP contribution is 2.28. The third-order valence-corrected chi connectivity index (χ3v) is 5.31. The van der Waals surface area contributed by atoms with E-state index in [1.165, 1.54) is 13.3 Å². The second-order valence-electron chi connectivity index (χ2n) is 9.54. The lowest BCUT2D eigenvalue weighted by Crippen LogP contribution is -2.40. The summed E-state index contributed by atoms with van der Waals surface area (Å²) < 4.78 is 17.6. The number of amides is 2. The zero-order valence-electron chi connectivity index (χ0n) is 23.0.